The van der Waals surface area contributed by atoms with E-state index in [1.165, 1.54) is 23.9 Å². The number of amides is 1. The molecule has 2 rings (SSSR count). The van der Waals surface area contributed by atoms with Crippen molar-refractivity contribution in [2.24, 2.45) is 0 Å². The van der Waals surface area contributed by atoms with Crippen LogP contribution in [0.5, 0.6) is 0 Å². The van der Waals surface area contributed by atoms with E-state index in [2.05, 4.69) is 33.2 Å². The van der Waals surface area contributed by atoms with Crippen LogP contribution in [0.2, 0.25) is 5.02 Å². The molecule has 0 N–H and O–H groups in total. The molecule has 0 bridgehead atoms. The molecule has 1 aromatic rings. The molecule has 3 nitrogen and oxygen atoms in total. The van der Waals surface area contributed by atoms with Gasteiger partial charge in [-0.25, -0.2) is 0 Å². The van der Waals surface area contributed by atoms with Gasteiger partial charge in [-0.2, -0.15) is 0 Å². The van der Waals surface area contributed by atoms with Crippen molar-refractivity contribution in [1.29, 1.82) is 0 Å². The molecule has 0 atom stereocenters. The predicted octanol–water partition coefficient (Wildman–Crippen LogP) is 6.81. The SMILES string of the molecule is C=CC1=C(C=C)N(C(=O)/C(C=C)=C(/C=C)OCCCC)c2cc(Cl)ccc2S1. The summed E-state index contributed by atoms with van der Waals surface area (Å²) < 4.78 is 5.78. The van der Waals surface area contributed by atoms with E-state index in [0.29, 0.717) is 34.3 Å². The van der Waals surface area contributed by atoms with Crippen LogP contribution in [0.4, 0.5) is 5.69 Å². The third-order valence-electron chi connectivity index (χ3n) is 4.10. The average Bonchev–Trinajstić information content (AvgIpc) is 2.71. The largest absolute Gasteiger partial charge is 0.493 e. The maximum Gasteiger partial charge on any atom is 0.266 e. The number of fused-ring (bicyclic) bond motifs is 1. The number of allylic oxidation sites excluding steroid dienone is 3. The average molecular weight is 414 g/mol. The summed E-state index contributed by atoms with van der Waals surface area (Å²) in [7, 11) is 0. The Morgan fingerprint density at radius 2 is 1.96 bits per heavy atom. The van der Waals surface area contributed by atoms with Crippen molar-refractivity contribution in [3.05, 3.63) is 95.8 Å². The topological polar surface area (TPSA) is 29.5 Å². The highest BCUT2D eigenvalue weighted by Crippen LogP contribution is 2.45. The predicted molar refractivity (Wildman–Crippen MR) is 120 cm³/mol. The van der Waals surface area contributed by atoms with E-state index in [1.54, 1.807) is 29.2 Å². The minimum absolute atomic E-state index is 0.292. The quantitative estimate of drug-likeness (QED) is 0.193. The van der Waals surface area contributed by atoms with Crippen molar-refractivity contribution in [3.63, 3.8) is 0 Å². The van der Waals surface area contributed by atoms with Crippen LogP contribution in [0.15, 0.2) is 95.6 Å². The molecule has 0 aliphatic carbocycles. The number of carbonyl (C=O) groups excluding carboxylic acids is 1. The highest BCUT2D eigenvalue weighted by Gasteiger charge is 2.30. The maximum atomic E-state index is 13.6. The normalized spacial score (nSPS) is 14.0. The monoisotopic (exact) mass is 413 g/mol. The number of thioether (sulfide) groups is 1. The zero-order valence-electron chi connectivity index (χ0n) is 16.0. The zero-order chi connectivity index (χ0) is 20.7. The van der Waals surface area contributed by atoms with Crippen LogP contribution in [0, 0.1) is 0 Å². The summed E-state index contributed by atoms with van der Waals surface area (Å²) in [5, 5.41) is 0.537. The lowest BCUT2D eigenvalue weighted by Crippen LogP contribution is -2.33. The summed E-state index contributed by atoms with van der Waals surface area (Å²) >= 11 is 7.73. The van der Waals surface area contributed by atoms with Gasteiger partial charge in [0.15, 0.2) is 0 Å². The first kappa shape index (κ1) is 21.9. The van der Waals surface area contributed by atoms with Crippen molar-refractivity contribution < 1.29 is 9.53 Å². The van der Waals surface area contributed by atoms with Crippen molar-refractivity contribution in [1.82, 2.24) is 0 Å². The van der Waals surface area contributed by atoms with Crippen molar-refractivity contribution >= 4 is 35.0 Å². The number of anilines is 1. The van der Waals surface area contributed by atoms with Gasteiger partial charge in [-0.05, 0) is 36.8 Å². The standard InChI is InChI=1S/C23H24ClNO2S/c1-6-11-14-27-20(9-4)17(7-2)23(26)25-18(8-3)21(10-5)28-22-13-12-16(24)15-19(22)25/h7-10,12-13,15H,2-6,11,14H2,1H3/b20-17-. The Labute approximate surface area is 176 Å². The molecule has 0 saturated carbocycles. The molecule has 0 spiro atoms. The molecule has 1 amide bonds. The Hall–Kier alpha value is -2.43. The minimum atomic E-state index is -0.292. The maximum absolute atomic E-state index is 13.6. The third-order valence-corrected chi connectivity index (χ3v) is 5.49. The number of hydrogen-bond acceptors (Lipinski definition) is 3. The number of carbonyl (C=O) groups is 1. The second kappa shape index (κ2) is 10.2. The molecule has 5 heteroatoms. The Morgan fingerprint density at radius 3 is 2.54 bits per heavy atom. The molecule has 0 fully saturated rings. The van der Waals surface area contributed by atoms with Gasteiger partial charge in [0.05, 0.1) is 23.6 Å². The smallest absolute Gasteiger partial charge is 0.266 e. The van der Waals surface area contributed by atoms with Crippen LogP contribution in [-0.2, 0) is 9.53 Å². The number of rotatable bonds is 9. The van der Waals surface area contributed by atoms with Gasteiger partial charge in [-0.3, -0.25) is 9.69 Å². The molecule has 1 aliphatic heterocycles. The molecule has 1 heterocycles. The molecule has 0 unspecified atom stereocenters. The number of halogens is 1. The van der Waals surface area contributed by atoms with E-state index in [0.717, 1.165) is 22.6 Å². The van der Waals surface area contributed by atoms with Gasteiger partial charge >= 0.3 is 0 Å². The van der Waals surface area contributed by atoms with E-state index in [1.807, 2.05) is 6.07 Å². The van der Waals surface area contributed by atoms with E-state index in [9.17, 15) is 4.79 Å². The second-order valence-corrected chi connectivity index (χ2v) is 7.42. The van der Waals surface area contributed by atoms with Crippen LogP contribution in [-0.4, -0.2) is 12.5 Å². The minimum Gasteiger partial charge on any atom is -0.493 e. The first-order chi connectivity index (χ1) is 13.5. The van der Waals surface area contributed by atoms with Gasteiger partial charge in [0.1, 0.15) is 5.76 Å². The fourth-order valence-electron chi connectivity index (χ4n) is 2.71. The molecule has 0 saturated heterocycles. The van der Waals surface area contributed by atoms with Crippen LogP contribution in [0.1, 0.15) is 19.8 Å². The highest BCUT2D eigenvalue weighted by molar-refractivity contribution is 8.03. The lowest BCUT2D eigenvalue weighted by atomic mass is 10.1. The Kier molecular flexibility index (Phi) is 7.97. The number of nitrogens with zero attached hydrogens (tertiary/aromatic N) is 1. The van der Waals surface area contributed by atoms with E-state index < -0.39 is 0 Å². The van der Waals surface area contributed by atoms with E-state index >= 15 is 0 Å². The molecule has 0 radical (unpaired) electrons. The van der Waals surface area contributed by atoms with Gasteiger partial charge in [-0.1, -0.05) is 75.2 Å². The Balaban J connectivity index is 2.62. The van der Waals surface area contributed by atoms with Gasteiger partial charge < -0.3 is 4.74 Å². The summed E-state index contributed by atoms with van der Waals surface area (Å²) in [5.41, 5.74) is 1.64. The summed E-state index contributed by atoms with van der Waals surface area (Å²) in [6.07, 6.45) is 8.25. The number of benzene rings is 1. The van der Waals surface area contributed by atoms with Gasteiger partial charge in [0.2, 0.25) is 0 Å². The van der Waals surface area contributed by atoms with Crippen molar-refractivity contribution in [2.45, 2.75) is 24.7 Å². The summed E-state index contributed by atoms with van der Waals surface area (Å²) in [6.45, 7) is 17.9. The Bertz CT molecular complexity index is 883. The van der Waals surface area contributed by atoms with Crippen molar-refractivity contribution in [3.8, 4) is 0 Å². The van der Waals surface area contributed by atoms with Gasteiger partial charge in [0.25, 0.3) is 5.91 Å². The van der Waals surface area contributed by atoms with Crippen LogP contribution < -0.4 is 4.90 Å². The molecule has 146 valence electrons. The Morgan fingerprint density at radius 1 is 1.21 bits per heavy atom. The number of ether oxygens (including phenoxy) is 1. The van der Waals surface area contributed by atoms with E-state index in [-0.39, 0.29) is 5.91 Å². The molecular formula is C23H24ClNO2S. The van der Waals surface area contributed by atoms with E-state index in [4.69, 9.17) is 16.3 Å². The first-order valence-electron chi connectivity index (χ1n) is 8.95. The fraction of sp³-hybridized carbons (Fsp3) is 0.174. The first-order valence-corrected chi connectivity index (χ1v) is 10.1. The highest BCUT2D eigenvalue weighted by atomic mass is 35.5. The van der Waals surface area contributed by atoms with Crippen LogP contribution in [0.3, 0.4) is 0 Å². The number of hydrogen-bond donors (Lipinski definition) is 0. The summed E-state index contributed by atoms with van der Waals surface area (Å²) in [5.74, 6) is 0.110. The molecule has 0 aromatic heterocycles. The lowest BCUT2D eigenvalue weighted by molar-refractivity contribution is -0.114. The van der Waals surface area contributed by atoms with Crippen LogP contribution in [0.25, 0.3) is 0 Å². The third kappa shape index (κ3) is 4.51. The fourth-order valence-corrected chi connectivity index (χ4v) is 3.86. The van der Waals surface area contributed by atoms with Crippen molar-refractivity contribution in [2.75, 3.05) is 11.5 Å². The van der Waals surface area contributed by atoms with Gasteiger partial charge in [-0.15, -0.1) is 0 Å². The lowest BCUT2D eigenvalue weighted by Gasteiger charge is -2.32. The molecule has 1 aliphatic rings. The summed E-state index contributed by atoms with van der Waals surface area (Å²) in [4.78, 5) is 16.9. The van der Waals surface area contributed by atoms with Gasteiger partial charge in [0, 0.05) is 14.8 Å². The summed E-state index contributed by atoms with van der Waals surface area (Å²) in [6, 6.07) is 5.44. The van der Waals surface area contributed by atoms with Crippen LogP contribution >= 0.6 is 23.4 Å². The number of unbranched alkanes of at least 4 members (excludes halogenated alkanes) is 1. The second-order valence-electron chi connectivity index (χ2n) is 5.90. The molecule has 1 aromatic carbocycles. The zero-order valence-corrected chi connectivity index (χ0v) is 17.6. The molecule has 28 heavy (non-hydrogen) atoms. The molecular weight excluding hydrogens is 390 g/mol.